The third-order valence-electron chi connectivity index (χ3n) is 8.86. The van der Waals surface area contributed by atoms with Gasteiger partial charge in [-0.3, -0.25) is 9.59 Å². The highest BCUT2D eigenvalue weighted by Gasteiger charge is 2.39. The second-order valence-corrected chi connectivity index (χ2v) is 12.8. The molecule has 44 heavy (non-hydrogen) atoms. The van der Waals surface area contributed by atoms with Crippen LogP contribution < -0.4 is 0 Å². The third-order valence-corrected chi connectivity index (χ3v) is 8.86. The molecule has 0 amide bonds. The maximum absolute atomic E-state index is 12.1. The summed E-state index contributed by atoms with van der Waals surface area (Å²) in [6.45, 7) is 6.10. The van der Waals surface area contributed by atoms with Crippen molar-refractivity contribution in [2.24, 2.45) is 17.8 Å². The van der Waals surface area contributed by atoms with Crippen molar-refractivity contribution in [3.05, 3.63) is 24.3 Å². The molecule has 8 heteroatoms. The van der Waals surface area contributed by atoms with Crippen LogP contribution in [0.15, 0.2) is 24.3 Å². The van der Waals surface area contributed by atoms with Gasteiger partial charge in [0, 0.05) is 25.2 Å². The first-order chi connectivity index (χ1) is 21.2. The Morgan fingerprint density at radius 1 is 0.864 bits per heavy atom. The summed E-state index contributed by atoms with van der Waals surface area (Å²) in [6, 6.07) is 0. The summed E-state index contributed by atoms with van der Waals surface area (Å²) in [6.07, 6.45) is 20.6. The van der Waals surface area contributed by atoms with E-state index in [0.717, 1.165) is 44.4 Å². The van der Waals surface area contributed by atoms with Gasteiger partial charge in [0.15, 0.2) is 6.10 Å². The van der Waals surface area contributed by atoms with Crippen molar-refractivity contribution in [3.8, 4) is 0 Å². The second-order valence-electron chi connectivity index (χ2n) is 12.8. The number of aliphatic hydroxyl groups is 4. The summed E-state index contributed by atoms with van der Waals surface area (Å²) in [5.74, 6) is -0.295. The predicted molar refractivity (Wildman–Crippen MR) is 175 cm³/mol. The molecule has 0 aromatic heterocycles. The molecular weight excluding hydrogens is 560 g/mol. The molecule has 0 bridgehead atoms. The number of hydrogen-bond donors (Lipinski definition) is 4. The molecule has 1 unspecified atom stereocenters. The highest BCUT2D eigenvalue weighted by atomic mass is 16.6. The first kappa shape index (κ1) is 40.3. The lowest BCUT2D eigenvalue weighted by molar-refractivity contribution is -0.161. The molecule has 0 heterocycles. The number of rotatable bonds is 26. The molecule has 8 nitrogen and oxygen atoms in total. The van der Waals surface area contributed by atoms with Crippen molar-refractivity contribution < 1.29 is 39.5 Å². The number of esters is 2. The van der Waals surface area contributed by atoms with Crippen molar-refractivity contribution in [1.29, 1.82) is 0 Å². The molecule has 4 N–H and O–H groups in total. The third kappa shape index (κ3) is 18.9. The number of carbonyl (C=O) groups is 2. The lowest BCUT2D eigenvalue weighted by Crippen LogP contribution is -2.28. The fourth-order valence-electron chi connectivity index (χ4n) is 5.70. The van der Waals surface area contributed by atoms with E-state index in [1.54, 1.807) is 6.08 Å². The van der Waals surface area contributed by atoms with Crippen LogP contribution in [0.3, 0.4) is 0 Å². The van der Waals surface area contributed by atoms with Gasteiger partial charge in [-0.05, 0) is 43.9 Å². The molecule has 1 saturated carbocycles. The minimum Gasteiger partial charge on any atom is -0.462 e. The average Bonchev–Trinajstić information content (AvgIpc) is 3.28. The first-order valence-corrected chi connectivity index (χ1v) is 17.5. The van der Waals surface area contributed by atoms with Crippen LogP contribution in [0.1, 0.15) is 136 Å². The Balaban J connectivity index is 2.21. The summed E-state index contributed by atoms with van der Waals surface area (Å²) in [5.41, 5.74) is 0. The molecule has 0 aliphatic heterocycles. The molecule has 0 spiro atoms. The Labute approximate surface area is 267 Å². The fraction of sp³-hybridized carbons (Fsp3) is 0.833. The molecule has 1 rings (SSSR count). The summed E-state index contributed by atoms with van der Waals surface area (Å²) in [4.78, 5) is 24.3. The van der Waals surface area contributed by atoms with Crippen molar-refractivity contribution in [3.63, 3.8) is 0 Å². The maximum atomic E-state index is 12.1. The Morgan fingerprint density at radius 3 is 2.25 bits per heavy atom. The van der Waals surface area contributed by atoms with E-state index in [2.05, 4.69) is 20.8 Å². The fourth-order valence-corrected chi connectivity index (χ4v) is 5.70. The van der Waals surface area contributed by atoms with Gasteiger partial charge in [0.2, 0.25) is 0 Å². The van der Waals surface area contributed by atoms with Crippen molar-refractivity contribution in [2.45, 2.75) is 161 Å². The molecule has 7 atom stereocenters. The molecule has 0 saturated heterocycles. The number of carbonyl (C=O) groups excluding carboxylic acids is 2. The molecule has 1 aliphatic carbocycles. The Kier molecular flexibility index (Phi) is 23.3. The summed E-state index contributed by atoms with van der Waals surface area (Å²) < 4.78 is 10.5. The average molecular weight is 625 g/mol. The van der Waals surface area contributed by atoms with Gasteiger partial charge >= 0.3 is 11.9 Å². The Morgan fingerprint density at radius 2 is 1.55 bits per heavy atom. The lowest BCUT2D eigenvalue weighted by atomic mass is 9.89. The van der Waals surface area contributed by atoms with Crippen LogP contribution >= 0.6 is 0 Å². The van der Waals surface area contributed by atoms with E-state index in [9.17, 15) is 30.0 Å². The van der Waals surface area contributed by atoms with E-state index in [4.69, 9.17) is 9.47 Å². The van der Waals surface area contributed by atoms with Crippen LogP contribution in [0.2, 0.25) is 0 Å². The Hall–Kier alpha value is -1.74. The smallest absolute Gasteiger partial charge is 0.306 e. The lowest BCUT2D eigenvalue weighted by Gasteiger charge is -2.19. The summed E-state index contributed by atoms with van der Waals surface area (Å²) in [7, 11) is 0. The molecular formula is C36H64O8. The SMILES string of the molecule is CCCCC[C@H](O)/C=C/[C@@H]1[C@@H](C/C=C/CCCC(=O)OC[C@H](CO)OC(=O)CCCCCCCCC(C)CC)[C@@H](O)C[C@H]1O. The number of aliphatic hydroxyl groups excluding tert-OH is 4. The minimum atomic E-state index is -0.848. The van der Waals surface area contributed by atoms with Gasteiger partial charge in [-0.15, -0.1) is 0 Å². The van der Waals surface area contributed by atoms with Crippen LogP contribution in [0.5, 0.6) is 0 Å². The molecule has 0 aromatic carbocycles. The van der Waals surface area contributed by atoms with Gasteiger partial charge in [-0.25, -0.2) is 0 Å². The number of allylic oxidation sites excluding steroid dienone is 2. The van der Waals surface area contributed by atoms with E-state index in [-0.39, 0.29) is 30.8 Å². The zero-order chi connectivity index (χ0) is 32.6. The molecule has 256 valence electrons. The van der Waals surface area contributed by atoms with Crippen LogP contribution in [-0.2, 0) is 19.1 Å². The molecule has 0 radical (unpaired) electrons. The van der Waals surface area contributed by atoms with Crippen LogP contribution in [0.4, 0.5) is 0 Å². The van der Waals surface area contributed by atoms with Crippen molar-refractivity contribution >= 4 is 11.9 Å². The van der Waals surface area contributed by atoms with E-state index in [1.165, 1.54) is 32.1 Å². The molecule has 1 aliphatic rings. The van der Waals surface area contributed by atoms with Crippen LogP contribution in [-0.4, -0.2) is 70.0 Å². The zero-order valence-electron chi connectivity index (χ0n) is 27.9. The predicted octanol–water partition coefficient (Wildman–Crippen LogP) is 6.57. The highest BCUT2D eigenvalue weighted by molar-refractivity contribution is 5.70. The van der Waals surface area contributed by atoms with Crippen LogP contribution in [0.25, 0.3) is 0 Å². The van der Waals surface area contributed by atoms with Gasteiger partial charge in [0.25, 0.3) is 0 Å². The second kappa shape index (κ2) is 25.5. The van der Waals surface area contributed by atoms with Gasteiger partial charge in [-0.1, -0.05) is 109 Å². The van der Waals surface area contributed by atoms with Crippen LogP contribution in [0, 0.1) is 17.8 Å². The monoisotopic (exact) mass is 624 g/mol. The van der Waals surface area contributed by atoms with E-state index in [0.29, 0.717) is 38.5 Å². The van der Waals surface area contributed by atoms with E-state index in [1.807, 2.05) is 18.2 Å². The van der Waals surface area contributed by atoms with Gasteiger partial charge in [0.1, 0.15) is 6.61 Å². The minimum absolute atomic E-state index is 0.118. The highest BCUT2D eigenvalue weighted by Crippen LogP contribution is 2.36. The Bertz CT molecular complexity index is 797. The largest absolute Gasteiger partial charge is 0.462 e. The summed E-state index contributed by atoms with van der Waals surface area (Å²) in [5, 5.41) is 40.5. The summed E-state index contributed by atoms with van der Waals surface area (Å²) >= 11 is 0. The van der Waals surface area contributed by atoms with E-state index >= 15 is 0 Å². The quantitative estimate of drug-likeness (QED) is 0.0482. The first-order valence-electron chi connectivity index (χ1n) is 17.5. The zero-order valence-corrected chi connectivity index (χ0v) is 27.9. The van der Waals surface area contributed by atoms with E-state index < -0.39 is 37.0 Å². The molecule has 0 aromatic rings. The van der Waals surface area contributed by atoms with Crippen molar-refractivity contribution in [2.75, 3.05) is 13.2 Å². The normalized spacial score (nSPS) is 22.4. The van der Waals surface area contributed by atoms with Gasteiger partial charge < -0.3 is 29.9 Å². The van der Waals surface area contributed by atoms with Gasteiger partial charge in [-0.2, -0.15) is 0 Å². The van der Waals surface area contributed by atoms with Gasteiger partial charge in [0.05, 0.1) is 24.9 Å². The topological polar surface area (TPSA) is 134 Å². The van der Waals surface area contributed by atoms with Crippen molar-refractivity contribution in [1.82, 2.24) is 0 Å². The molecule has 1 fully saturated rings. The number of unbranched alkanes of at least 4 members (excludes halogenated alkanes) is 8. The standard InChI is InChI=1S/C36H64O8/c1-4-6-13-19-29(38)23-24-32-31(33(39)25-34(32)40)20-15-11-12-16-21-35(41)43-27-30(26-37)44-36(42)22-17-10-8-7-9-14-18-28(3)5-2/h11,15,23-24,28-34,37-40H,4-10,12-14,16-22,25-27H2,1-3H3/b15-11+,24-23+/t28?,29-,30-,31+,32+,33-,34+/m0/s1. The number of hydrogen-bond acceptors (Lipinski definition) is 8. The maximum Gasteiger partial charge on any atom is 0.306 e. The number of ether oxygens (including phenoxy) is 2.